The first-order chi connectivity index (χ1) is 9.52. The van der Waals surface area contributed by atoms with Crippen LogP contribution in [-0.2, 0) is 6.42 Å². The Labute approximate surface area is 113 Å². The number of nitrogens with two attached hydrogens (primary N) is 1. The third kappa shape index (κ3) is 2.97. The number of hydrogen-bond donors (Lipinski definition) is 2. The van der Waals surface area contributed by atoms with Crippen LogP contribution in [-0.4, -0.2) is 0 Å². The zero-order valence-corrected chi connectivity index (χ0v) is 10.3. The molecule has 0 radical (unpaired) electrons. The Morgan fingerprint density at radius 1 is 1.00 bits per heavy atom. The lowest BCUT2D eigenvalue weighted by Gasteiger charge is -2.17. The Kier molecular flexibility index (Phi) is 4.36. The molecule has 2 rings (SSSR count). The molecule has 2 nitrogen and oxygen atoms in total. The van der Waals surface area contributed by atoms with E-state index in [1.54, 1.807) is 0 Å². The van der Waals surface area contributed by atoms with Gasteiger partial charge in [0.2, 0.25) is 0 Å². The fourth-order valence-electron chi connectivity index (χ4n) is 1.97. The van der Waals surface area contributed by atoms with Crippen LogP contribution in [0, 0.1) is 23.3 Å². The zero-order chi connectivity index (χ0) is 14.7. The molecule has 2 aromatic carbocycles. The van der Waals surface area contributed by atoms with Crippen LogP contribution in [0.25, 0.3) is 0 Å². The minimum atomic E-state index is -1.02. The van der Waals surface area contributed by atoms with Gasteiger partial charge in [-0.3, -0.25) is 11.3 Å². The molecule has 2 aromatic rings. The second kappa shape index (κ2) is 6.02. The van der Waals surface area contributed by atoms with Crippen LogP contribution in [0.4, 0.5) is 17.6 Å². The van der Waals surface area contributed by atoms with Gasteiger partial charge in [0, 0.05) is 5.56 Å². The number of benzene rings is 2. The Hall–Kier alpha value is -1.92. The third-order valence-corrected chi connectivity index (χ3v) is 2.99. The van der Waals surface area contributed by atoms with Crippen molar-refractivity contribution in [3.63, 3.8) is 0 Å². The van der Waals surface area contributed by atoms with E-state index in [9.17, 15) is 17.6 Å². The summed E-state index contributed by atoms with van der Waals surface area (Å²) >= 11 is 0. The molecule has 6 heteroatoms. The van der Waals surface area contributed by atoms with Crippen molar-refractivity contribution >= 4 is 0 Å². The average molecular weight is 284 g/mol. The molecule has 1 unspecified atom stereocenters. The Morgan fingerprint density at radius 2 is 1.75 bits per heavy atom. The van der Waals surface area contributed by atoms with Crippen LogP contribution in [0.3, 0.4) is 0 Å². The molecule has 0 amide bonds. The van der Waals surface area contributed by atoms with E-state index in [0.29, 0.717) is 0 Å². The first kappa shape index (κ1) is 14.5. The number of halogens is 4. The lowest BCUT2D eigenvalue weighted by molar-refractivity contribution is 0.470. The highest BCUT2D eigenvalue weighted by atomic mass is 19.2. The van der Waals surface area contributed by atoms with Gasteiger partial charge >= 0.3 is 0 Å². The maximum atomic E-state index is 13.7. The third-order valence-electron chi connectivity index (χ3n) is 2.99. The normalized spacial score (nSPS) is 12.4. The largest absolute Gasteiger partial charge is 0.271 e. The number of hydrogen-bond acceptors (Lipinski definition) is 2. The fourth-order valence-corrected chi connectivity index (χ4v) is 1.97. The summed E-state index contributed by atoms with van der Waals surface area (Å²) in [6.45, 7) is 0. The minimum Gasteiger partial charge on any atom is -0.271 e. The zero-order valence-electron chi connectivity index (χ0n) is 10.3. The number of rotatable bonds is 4. The van der Waals surface area contributed by atoms with E-state index in [1.165, 1.54) is 12.1 Å². The molecule has 0 fully saturated rings. The van der Waals surface area contributed by atoms with E-state index < -0.39 is 29.3 Å². The lowest BCUT2D eigenvalue weighted by atomic mass is 9.98. The van der Waals surface area contributed by atoms with Gasteiger partial charge in [0.15, 0.2) is 11.6 Å². The molecule has 106 valence electrons. The Morgan fingerprint density at radius 3 is 2.45 bits per heavy atom. The van der Waals surface area contributed by atoms with E-state index in [-0.39, 0.29) is 17.5 Å². The summed E-state index contributed by atoms with van der Waals surface area (Å²) in [7, 11) is 0. The van der Waals surface area contributed by atoms with E-state index in [1.807, 2.05) is 0 Å². The standard InChI is InChI=1S/C14H12F4N2/c15-9-4-5-11(16)10(7-9)13(20-19)6-8-2-1-3-12(17)14(8)18/h1-5,7,13,20H,6,19H2. The molecular formula is C14H12F4N2. The van der Waals surface area contributed by atoms with Crippen molar-refractivity contribution in [3.8, 4) is 0 Å². The summed E-state index contributed by atoms with van der Waals surface area (Å²) in [5.74, 6) is 1.97. The molecule has 1 atom stereocenters. The van der Waals surface area contributed by atoms with Crippen LogP contribution in [0.5, 0.6) is 0 Å². The van der Waals surface area contributed by atoms with Gasteiger partial charge in [0.1, 0.15) is 11.6 Å². The van der Waals surface area contributed by atoms with Crippen molar-refractivity contribution in [3.05, 3.63) is 70.8 Å². The molecule has 0 aliphatic rings. The van der Waals surface area contributed by atoms with Crippen LogP contribution in [0.15, 0.2) is 36.4 Å². The highest BCUT2D eigenvalue weighted by Crippen LogP contribution is 2.23. The van der Waals surface area contributed by atoms with Gasteiger partial charge in [-0.2, -0.15) is 0 Å². The molecule has 0 heterocycles. The van der Waals surface area contributed by atoms with Gasteiger partial charge in [-0.25, -0.2) is 17.6 Å². The smallest absolute Gasteiger partial charge is 0.162 e. The molecule has 0 spiro atoms. The molecule has 0 bridgehead atoms. The maximum absolute atomic E-state index is 13.7. The fraction of sp³-hybridized carbons (Fsp3) is 0.143. The number of hydrazine groups is 1. The Bertz CT molecular complexity index is 616. The summed E-state index contributed by atoms with van der Waals surface area (Å²) in [4.78, 5) is 0. The van der Waals surface area contributed by atoms with Crippen molar-refractivity contribution in [2.24, 2.45) is 5.84 Å². The van der Waals surface area contributed by atoms with Crippen molar-refractivity contribution in [1.29, 1.82) is 0 Å². The topological polar surface area (TPSA) is 38.0 Å². The van der Waals surface area contributed by atoms with Crippen molar-refractivity contribution in [1.82, 2.24) is 5.43 Å². The average Bonchev–Trinajstić information content (AvgIpc) is 2.43. The van der Waals surface area contributed by atoms with Crippen LogP contribution in [0.1, 0.15) is 17.2 Å². The summed E-state index contributed by atoms with van der Waals surface area (Å²) in [5.41, 5.74) is 2.27. The van der Waals surface area contributed by atoms with Gasteiger partial charge in [-0.05, 0) is 36.2 Å². The highest BCUT2D eigenvalue weighted by molar-refractivity contribution is 5.26. The summed E-state index contributed by atoms with van der Waals surface area (Å²) in [6, 6.07) is 5.70. The molecule has 0 saturated carbocycles. The van der Waals surface area contributed by atoms with E-state index in [0.717, 1.165) is 24.3 Å². The van der Waals surface area contributed by atoms with Crippen molar-refractivity contribution < 1.29 is 17.6 Å². The molecule has 0 aliphatic carbocycles. The van der Waals surface area contributed by atoms with Crippen LogP contribution in [0.2, 0.25) is 0 Å². The molecule has 0 saturated heterocycles. The summed E-state index contributed by atoms with van der Waals surface area (Å²) in [6.07, 6.45) is -0.111. The monoisotopic (exact) mass is 284 g/mol. The van der Waals surface area contributed by atoms with Crippen LogP contribution >= 0.6 is 0 Å². The quantitative estimate of drug-likeness (QED) is 0.514. The molecular weight excluding hydrogens is 272 g/mol. The van der Waals surface area contributed by atoms with Gasteiger partial charge in [-0.1, -0.05) is 12.1 Å². The van der Waals surface area contributed by atoms with Crippen LogP contribution < -0.4 is 11.3 Å². The van der Waals surface area contributed by atoms with Gasteiger partial charge in [0.25, 0.3) is 0 Å². The van der Waals surface area contributed by atoms with Gasteiger partial charge in [0.05, 0.1) is 6.04 Å². The summed E-state index contributed by atoms with van der Waals surface area (Å²) in [5, 5.41) is 0. The Balaban J connectivity index is 2.34. The first-order valence-electron chi connectivity index (χ1n) is 5.87. The van der Waals surface area contributed by atoms with E-state index in [4.69, 9.17) is 5.84 Å². The molecule has 3 N–H and O–H groups in total. The molecule has 0 aliphatic heterocycles. The highest BCUT2D eigenvalue weighted by Gasteiger charge is 2.18. The van der Waals surface area contributed by atoms with Gasteiger partial charge < -0.3 is 0 Å². The predicted molar refractivity (Wildman–Crippen MR) is 66.5 cm³/mol. The van der Waals surface area contributed by atoms with Gasteiger partial charge in [-0.15, -0.1) is 0 Å². The SMILES string of the molecule is NNC(Cc1cccc(F)c1F)c1cc(F)ccc1F. The lowest BCUT2D eigenvalue weighted by Crippen LogP contribution is -2.30. The second-order valence-electron chi connectivity index (χ2n) is 4.30. The minimum absolute atomic E-state index is 0.0246. The molecule has 0 aromatic heterocycles. The van der Waals surface area contributed by atoms with Crippen molar-refractivity contribution in [2.45, 2.75) is 12.5 Å². The summed E-state index contributed by atoms with van der Waals surface area (Å²) < 4.78 is 53.5. The van der Waals surface area contributed by atoms with E-state index in [2.05, 4.69) is 5.43 Å². The predicted octanol–water partition coefficient (Wildman–Crippen LogP) is 2.99. The van der Waals surface area contributed by atoms with E-state index >= 15 is 0 Å². The second-order valence-corrected chi connectivity index (χ2v) is 4.30. The van der Waals surface area contributed by atoms with Crippen molar-refractivity contribution in [2.75, 3.05) is 0 Å². The first-order valence-corrected chi connectivity index (χ1v) is 5.87. The maximum Gasteiger partial charge on any atom is 0.162 e. The molecule has 20 heavy (non-hydrogen) atoms. The number of nitrogens with one attached hydrogen (secondary N) is 1.